The Hall–Kier alpha value is -1.26. The molecule has 0 spiro atoms. The van der Waals surface area contributed by atoms with Crippen LogP contribution >= 0.6 is 11.3 Å². The monoisotopic (exact) mass is 250 g/mol. The quantitative estimate of drug-likeness (QED) is 0.906. The Kier molecular flexibility index (Phi) is 3.86. The van der Waals surface area contributed by atoms with Crippen molar-refractivity contribution >= 4 is 11.3 Å². The largest absolute Gasteiger partial charge is 0.326 e. The molecule has 17 heavy (non-hydrogen) atoms. The molecule has 0 fully saturated rings. The summed E-state index contributed by atoms with van der Waals surface area (Å²) in [6.07, 6.45) is 1.66. The molecule has 0 aliphatic rings. The zero-order valence-electron chi connectivity index (χ0n) is 9.74. The van der Waals surface area contributed by atoms with Crippen LogP contribution in [0.1, 0.15) is 21.8 Å². The van der Waals surface area contributed by atoms with E-state index >= 15 is 0 Å². The van der Waals surface area contributed by atoms with Crippen LogP contribution in [0.2, 0.25) is 0 Å². The fourth-order valence-electron chi connectivity index (χ4n) is 1.71. The van der Waals surface area contributed by atoms with E-state index in [2.05, 4.69) is 10.4 Å². The number of nitrogens with two attached hydrogens (primary N) is 1. The molecule has 0 aliphatic heterocycles. The van der Waals surface area contributed by atoms with Crippen LogP contribution in [-0.2, 0) is 19.4 Å². The smallest absolute Gasteiger partial charge is 0.127 e. The van der Waals surface area contributed by atoms with Crippen LogP contribution in [0.5, 0.6) is 0 Å². The first-order valence-corrected chi connectivity index (χ1v) is 6.45. The number of halogens is 1. The lowest BCUT2D eigenvalue weighted by Gasteiger charge is -2.03. The lowest BCUT2D eigenvalue weighted by Crippen LogP contribution is -2.01. The molecular formula is C13H15FN2S. The first-order valence-electron chi connectivity index (χ1n) is 5.57. The summed E-state index contributed by atoms with van der Waals surface area (Å²) < 4.78 is 13.5. The van der Waals surface area contributed by atoms with E-state index in [1.807, 2.05) is 13.0 Å². The number of aromatic nitrogens is 1. The van der Waals surface area contributed by atoms with Crippen molar-refractivity contribution in [2.75, 3.05) is 0 Å². The number of rotatable bonds is 4. The molecule has 2 nitrogen and oxygen atoms in total. The number of hydrogen-bond donors (Lipinski definition) is 1. The summed E-state index contributed by atoms with van der Waals surface area (Å²) in [4.78, 5) is 4.39. The number of benzene rings is 1. The van der Waals surface area contributed by atoms with Crippen molar-refractivity contribution in [3.05, 3.63) is 51.2 Å². The van der Waals surface area contributed by atoms with Crippen LogP contribution in [0, 0.1) is 12.7 Å². The highest BCUT2D eigenvalue weighted by atomic mass is 32.1. The Morgan fingerprint density at radius 1 is 1.35 bits per heavy atom. The zero-order valence-corrected chi connectivity index (χ0v) is 10.6. The summed E-state index contributed by atoms with van der Waals surface area (Å²) in [7, 11) is 0. The van der Waals surface area contributed by atoms with Crippen molar-refractivity contribution < 1.29 is 4.39 Å². The standard InChI is InChI=1S/C13H15FN2S/c1-9-16-12(8-17-9)5-3-10-2-4-11(7-15)13(14)6-10/h2,4,6,8H,3,5,7,15H2,1H3. The van der Waals surface area contributed by atoms with Crippen LogP contribution in [0.15, 0.2) is 23.6 Å². The van der Waals surface area contributed by atoms with Gasteiger partial charge in [0.2, 0.25) is 0 Å². The van der Waals surface area contributed by atoms with Crippen LogP contribution in [0.25, 0.3) is 0 Å². The highest BCUT2D eigenvalue weighted by molar-refractivity contribution is 7.09. The first kappa shape index (κ1) is 12.2. The van der Waals surface area contributed by atoms with Crippen LogP contribution in [0.3, 0.4) is 0 Å². The molecule has 2 aromatic rings. The highest BCUT2D eigenvalue weighted by Gasteiger charge is 2.03. The van der Waals surface area contributed by atoms with Gasteiger partial charge in [-0.15, -0.1) is 11.3 Å². The average Bonchev–Trinajstić information content (AvgIpc) is 2.73. The van der Waals surface area contributed by atoms with Gasteiger partial charge in [0.05, 0.1) is 10.7 Å². The van der Waals surface area contributed by atoms with Gasteiger partial charge in [0.1, 0.15) is 5.82 Å². The zero-order chi connectivity index (χ0) is 12.3. The third kappa shape index (κ3) is 3.11. The fraction of sp³-hybridized carbons (Fsp3) is 0.308. The van der Waals surface area contributed by atoms with Gasteiger partial charge in [-0.25, -0.2) is 9.37 Å². The van der Waals surface area contributed by atoms with Gasteiger partial charge in [-0.3, -0.25) is 0 Å². The molecule has 1 heterocycles. The second-order valence-corrected chi connectivity index (χ2v) is 5.05. The third-order valence-electron chi connectivity index (χ3n) is 2.67. The maximum Gasteiger partial charge on any atom is 0.127 e. The van der Waals surface area contributed by atoms with Crippen LogP contribution in [0.4, 0.5) is 4.39 Å². The second kappa shape index (κ2) is 5.38. The number of aryl methyl sites for hydroxylation is 3. The molecular weight excluding hydrogens is 235 g/mol. The van der Waals surface area contributed by atoms with E-state index in [0.29, 0.717) is 5.56 Å². The number of nitrogens with zero attached hydrogens (tertiary/aromatic N) is 1. The Labute approximate surface area is 104 Å². The predicted octanol–water partition coefficient (Wildman–Crippen LogP) is 2.83. The third-order valence-corrected chi connectivity index (χ3v) is 3.50. The van der Waals surface area contributed by atoms with Crippen molar-refractivity contribution in [3.63, 3.8) is 0 Å². The lowest BCUT2D eigenvalue weighted by molar-refractivity contribution is 0.608. The maximum absolute atomic E-state index is 13.5. The topological polar surface area (TPSA) is 38.9 Å². The molecule has 0 aliphatic carbocycles. The minimum atomic E-state index is -0.209. The molecule has 0 atom stereocenters. The molecule has 0 saturated heterocycles. The molecule has 1 aromatic carbocycles. The predicted molar refractivity (Wildman–Crippen MR) is 68.6 cm³/mol. The Balaban J connectivity index is 2.02. The van der Waals surface area contributed by atoms with Gasteiger partial charge < -0.3 is 5.73 Å². The Bertz CT molecular complexity index is 508. The average molecular weight is 250 g/mol. The van der Waals surface area contributed by atoms with Gasteiger partial charge in [0.15, 0.2) is 0 Å². The van der Waals surface area contributed by atoms with Crippen LogP contribution < -0.4 is 5.73 Å². The number of hydrogen-bond acceptors (Lipinski definition) is 3. The lowest BCUT2D eigenvalue weighted by atomic mass is 10.1. The van der Waals surface area contributed by atoms with E-state index < -0.39 is 0 Å². The second-order valence-electron chi connectivity index (χ2n) is 3.99. The summed E-state index contributed by atoms with van der Waals surface area (Å²) in [5.41, 5.74) is 8.06. The van der Waals surface area contributed by atoms with E-state index in [1.54, 1.807) is 23.5 Å². The van der Waals surface area contributed by atoms with Crippen LogP contribution in [-0.4, -0.2) is 4.98 Å². The van der Waals surface area contributed by atoms with Gasteiger partial charge in [0.25, 0.3) is 0 Å². The normalized spacial score (nSPS) is 10.8. The van der Waals surface area contributed by atoms with Gasteiger partial charge >= 0.3 is 0 Å². The summed E-state index contributed by atoms with van der Waals surface area (Å²) in [5, 5.41) is 3.13. The molecule has 1 aromatic heterocycles. The summed E-state index contributed by atoms with van der Waals surface area (Å²) in [6, 6.07) is 5.27. The molecule has 0 unspecified atom stereocenters. The van der Waals surface area contributed by atoms with Gasteiger partial charge in [-0.1, -0.05) is 12.1 Å². The summed E-state index contributed by atoms with van der Waals surface area (Å²) >= 11 is 1.65. The Morgan fingerprint density at radius 3 is 2.76 bits per heavy atom. The summed E-state index contributed by atoms with van der Waals surface area (Å²) in [6.45, 7) is 2.24. The molecule has 2 rings (SSSR count). The van der Waals surface area contributed by atoms with Crippen molar-refractivity contribution in [2.24, 2.45) is 5.73 Å². The molecule has 4 heteroatoms. The van der Waals surface area contributed by atoms with Crippen molar-refractivity contribution in [3.8, 4) is 0 Å². The molecule has 0 saturated carbocycles. The minimum absolute atomic E-state index is 0.209. The van der Waals surface area contributed by atoms with E-state index in [4.69, 9.17) is 5.73 Å². The van der Waals surface area contributed by atoms with E-state index in [0.717, 1.165) is 29.1 Å². The SMILES string of the molecule is Cc1nc(CCc2ccc(CN)c(F)c2)cs1. The van der Waals surface area contributed by atoms with Gasteiger partial charge in [0, 0.05) is 17.5 Å². The van der Waals surface area contributed by atoms with Crippen molar-refractivity contribution in [1.82, 2.24) is 4.98 Å². The number of thiazole rings is 1. The van der Waals surface area contributed by atoms with Crippen molar-refractivity contribution in [1.29, 1.82) is 0 Å². The molecule has 2 N–H and O–H groups in total. The van der Waals surface area contributed by atoms with Crippen molar-refractivity contribution in [2.45, 2.75) is 26.3 Å². The van der Waals surface area contributed by atoms with Gasteiger partial charge in [-0.2, -0.15) is 0 Å². The summed E-state index contributed by atoms with van der Waals surface area (Å²) in [5.74, 6) is -0.209. The van der Waals surface area contributed by atoms with Gasteiger partial charge in [-0.05, 0) is 31.4 Å². The molecule has 0 bridgehead atoms. The first-order chi connectivity index (χ1) is 8.19. The fourth-order valence-corrected chi connectivity index (χ4v) is 2.35. The van der Waals surface area contributed by atoms with E-state index in [-0.39, 0.29) is 12.4 Å². The highest BCUT2D eigenvalue weighted by Crippen LogP contribution is 2.14. The van der Waals surface area contributed by atoms with E-state index in [1.165, 1.54) is 0 Å². The Morgan fingerprint density at radius 2 is 2.18 bits per heavy atom. The minimum Gasteiger partial charge on any atom is -0.326 e. The maximum atomic E-state index is 13.5. The van der Waals surface area contributed by atoms with E-state index in [9.17, 15) is 4.39 Å². The molecule has 0 radical (unpaired) electrons. The molecule has 90 valence electrons. The molecule has 0 amide bonds.